The van der Waals surface area contributed by atoms with Gasteiger partial charge in [-0.1, -0.05) is 36.4 Å². The second-order valence-electron chi connectivity index (χ2n) is 4.80. The summed E-state index contributed by atoms with van der Waals surface area (Å²) in [5, 5.41) is 2.86. The van der Waals surface area contributed by atoms with Crippen LogP contribution in [0.25, 0.3) is 0 Å². The van der Waals surface area contributed by atoms with E-state index in [1.54, 1.807) is 13.1 Å². The molecule has 0 bridgehead atoms. The van der Waals surface area contributed by atoms with E-state index >= 15 is 0 Å². The smallest absolute Gasteiger partial charge is 0.248 e. The van der Waals surface area contributed by atoms with E-state index in [1.165, 1.54) is 0 Å². The maximum absolute atomic E-state index is 11.9. The molecule has 1 amide bonds. The molecule has 1 heterocycles. The molecule has 2 rings (SSSR count). The maximum Gasteiger partial charge on any atom is 0.248 e. The lowest BCUT2D eigenvalue weighted by Gasteiger charge is -2.13. The van der Waals surface area contributed by atoms with Crippen molar-refractivity contribution in [2.24, 2.45) is 0 Å². The zero-order chi connectivity index (χ0) is 14.9. The van der Waals surface area contributed by atoms with Gasteiger partial charge in [0.2, 0.25) is 5.91 Å². The van der Waals surface area contributed by atoms with Gasteiger partial charge in [-0.15, -0.1) is 0 Å². The normalized spacial score (nSPS) is 11.9. The molecule has 0 saturated heterocycles. The first kappa shape index (κ1) is 15.2. The van der Waals surface area contributed by atoms with Crippen molar-refractivity contribution < 1.29 is 9.53 Å². The van der Waals surface area contributed by atoms with Crippen LogP contribution in [0.15, 0.2) is 54.7 Å². The topological polar surface area (TPSA) is 51.2 Å². The lowest BCUT2D eigenvalue weighted by Crippen LogP contribution is -2.35. The van der Waals surface area contributed by atoms with Crippen LogP contribution < -0.4 is 5.32 Å². The Morgan fingerprint density at radius 1 is 1.19 bits per heavy atom. The Labute approximate surface area is 125 Å². The van der Waals surface area contributed by atoms with Crippen LogP contribution in [0.3, 0.4) is 0 Å². The Morgan fingerprint density at radius 3 is 2.67 bits per heavy atom. The minimum Gasteiger partial charge on any atom is -0.364 e. The van der Waals surface area contributed by atoms with Crippen LogP contribution in [0.1, 0.15) is 18.2 Å². The number of nitrogens with one attached hydrogen (secondary N) is 1. The molecule has 110 valence electrons. The number of amides is 1. The third-order valence-electron chi connectivity index (χ3n) is 3.12. The molecular weight excluding hydrogens is 264 g/mol. The van der Waals surface area contributed by atoms with E-state index in [2.05, 4.69) is 10.3 Å². The molecule has 1 aromatic carbocycles. The summed E-state index contributed by atoms with van der Waals surface area (Å²) in [5.74, 6) is -0.0955. The lowest BCUT2D eigenvalue weighted by molar-refractivity contribution is -0.132. The van der Waals surface area contributed by atoms with E-state index in [4.69, 9.17) is 4.74 Å². The van der Waals surface area contributed by atoms with Gasteiger partial charge in [0.15, 0.2) is 0 Å². The van der Waals surface area contributed by atoms with Crippen molar-refractivity contribution in [2.75, 3.05) is 6.54 Å². The molecule has 0 aliphatic carbocycles. The predicted octanol–water partition coefficient (Wildman–Crippen LogP) is 2.35. The predicted molar refractivity (Wildman–Crippen MR) is 81.6 cm³/mol. The summed E-state index contributed by atoms with van der Waals surface area (Å²) in [7, 11) is 0. The second-order valence-corrected chi connectivity index (χ2v) is 4.80. The Morgan fingerprint density at radius 2 is 1.95 bits per heavy atom. The highest BCUT2D eigenvalue weighted by Gasteiger charge is 2.12. The standard InChI is InChI=1S/C17H20N2O2/c1-14(21-13-15-7-3-2-4-8-15)17(20)19-12-10-16-9-5-6-11-18-16/h2-9,11,14H,10,12-13H2,1H3,(H,19,20)/t14-/m1/s1. The Bertz CT molecular complexity index is 543. The Balaban J connectivity index is 1.68. The van der Waals surface area contributed by atoms with E-state index in [0.29, 0.717) is 13.2 Å². The number of aromatic nitrogens is 1. The van der Waals surface area contributed by atoms with Crippen molar-refractivity contribution in [1.29, 1.82) is 0 Å². The molecule has 1 atom stereocenters. The van der Waals surface area contributed by atoms with E-state index in [9.17, 15) is 4.79 Å². The number of carbonyl (C=O) groups excluding carboxylic acids is 1. The van der Waals surface area contributed by atoms with Gasteiger partial charge in [-0.3, -0.25) is 9.78 Å². The number of pyridine rings is 1. The van der Waals surface area contributed by atoms with Gasteiger partial charge in [-0.2, -0.15) is 0 Å². The van der Waals surface area contributed by atoms with Crippen molar-refractivity contribution >= 4 is 5.91 Å². The SMILES string of the molecule is C[C@@H](OCc1ccccc1)C(=O)NCCc1ccccn1. The molecule has 4 nitrogen and oxygen atoms in total. The van der Waals surface area contributed by atoms with Gasteiger partial charge in [-0.05, 0) is 24.6 Å². The van der Waals surface area contributed by atoms with Crippen molar-refractivity contribution in [3.8, 4) is 0 Å². The summed E-state index contributed by atoms with van der Waals surface area (Å²) in [6, 6.07) is 15.6. The number of ether oxygens (including phenoxy) is 1. The summed E-state index contributed by atoms with van der Waals surface area (Å²) in [6.45, 7) is 2.77. The van der Waals surface area contributed by atoms with Gasteiger partial charge in [-0.25, -0.2) is 0 Å². The summed E-state index contributed by atoms with van der Waals surface area (Å²) >= 11 is 0. The number of benzene rings is 1. The lowest BCUT2D eigenvalue weighted by atomic mass is 10.2. The summed E-state index contributed by atoms with van der Waals surface area (Å²) < 4.78 is 5.56. The number of nitrogens with zero attached hydrogens (tertiary/aromatic N) is 1. The van der Waals surface area contributed by atoms with Crippen LogP contribution >= 0.6 is 0 Å². The largest absolute Gasteiger partial charge is 0.364 e. The third kappa shape index (κ3) is 5.36. The summed E-state index contributed by atoms with van der Waals surface area (Å²) in [4.78, 5) is 16.1. The molecule has 0 spiro atoms. The fourth-order valence-corrected chi connectivity index (χ4v) is 1.87. The third-order valence-corrected chi connectivity index (χ3v) is 3.12. The van der Waals surface area contributed by atoms with Crippen LogP contribution in [0.5, 0.6) is 0 Å². The molecule has 0 saturated carbocycles. The van der Waals surface area contributed by atoms with Gasteiger partial charge in [0.1, 0.15) is 6.10 Å². The van der Waals surface area contributed by atoms with Gasteiger partial charge < -0.3 is 10.1 Å². The van der Waals surface area contributed by atoms with E-state index in [-0.39, 0.29) is 5.91 Å². The fourth-order valence-electron chi connectivity index (χ4n) is 1.87. The van der Waals surface area contributed by atoms with Gasteiger partial charge in [0.05, 0.1) is 6.61 Å². The highest BCUT2D eigenvalue weighted by molar-refractivity contribution is 5.80. The van der Waals surface area contributed by atoms with E-state index in [0.717, 1.165) is 17.7 Å². The highest BCUT2D eigenvalue weighted by Crippen LogP contribution is 2.03. The molecule has 1 aromatic heterocycles. The molecule has 0 unspecified atom stereocenters. The van der Waals surface area contributed by atoms with Crippen molar-refractivity contribution in [3.05, 3.63) is 66.0 Å². The molecule has 4 heteroatoms. The van der Waals surface area contributed by atoms with Crippen LogP contribution in [0, 0.1) is 0 Å². The molecule has 0 radical (unpaired) electrons. The van der Waals surface area contributed by atoms with Crippen LogP contribution in [-0.4, -0.2) is 23.5 Å². The number of carbonyl (C=O) groups is 1. The Kier molecular flexibility index (Phi) is 5.91. The monoisotopic (exact) mass is 284 g/mol. The molecule has 0 aliphatic heterocycles. The van der Waals surface area contributed by atoms with Gasteiger partial charge in [0.25, 0.3) is 0 Å². The molecule has 1 N–H and O–H groups in total. The molecular formula is C17H20N2O2. The molecule has 21 heavy (non-hydrogen) atoms. The van der Waals surface area contributed by atoms with Crippen LogP contribution in [-0.2, 0) is 22.6 Å². The summed E-state index contributed by atoms with van der Waals surface area (Å²) in [6.07, 6.45) is 2.01. The number of rotatable bonds is 7. The average molecular weight is 284 g/mol. The quantitative estimate of drug-likeness (QED) is 0.849. The first-order chi connectivity index (χ1) is 10.3. The van der Waals surface area contributed by atoms with Crippen molar-refractivity contribution in [3.63, 3.8) is 0 Å². The average Bonchev–Trinajstić information content (AvgIpc) is 2.54. The maximum atomic E-state index is 11.9. The molecule has 0 aliphatic rings. The zero-order valence-electron chi connectivity index (χ0n) is 12.2. The summed E-state index contributed by atoms with van der Waals surface area (Å²) in [5.41, 5.74) is 2.03. The second kappa shape index (κ2) is 8.17. The van der Waals surface area contributed by atoms with Crippen molar-refractivity contribution in [2.45, 2.75) is 26.1 Å². The number of hydrogen-bond acceptors (Lipinski definition) is 3. The first-order valence-corrected chi connectivity index (χ1v) is 7.09. The van der Waals surface area contributed by atoms with Gasteiger partial charge >= 0.3 is 0 Å². The van der Waals surface area contributed by atoms with Crippen LogP contribution in [0.2, 0.25) is 0 Å². The minimum atomic E-state index is -0.464. The van der Waals surface area contributed by atoms with Crippen LogP contribution in [0.4, 0.5) is 0 Å². The first-order valence-electron chi connectivity index (χ1n) is 7.09. The highest BCUT2D eigenvalue weighted by atomic mass is 16.5. The van der Waals surface area contributed by atoms with E-state index < -0.39 is 6.10 Å². The van der Waals surface area contributed by atoms with Crippen molar-refractivity contribution in [1.82, 2.24) is 10.3 Å². The fraction of sp³-hybridized carbons (Fsp3) is 0.294. The zero-order valence-corrected chi connectivity index (χ0v) is 12.2. The van der Waals surface area contributed by atoms with Gasteiger partial charge in [0, 0.05) is 24.9 Å². The minimum absolute atomic E-state index is 0.0955. The Hall–Kier alpha value is -2.20. The molecule has 2 aromatic rings. The molecule has 0 fully saturated rings. The number of hydrogen-bond donors (Lipinski definition) is 1. The van der Waals surface area contributed by atoms with E-state index in [1.807, 2.05) is 48.5 Å².